The Labute approximate surface area is 147 Å². The average Bonchev–Trinajstić information content (AvgIpc) is 3.06. The van der Waals surface area contributed by atoms with Crippen molar-refractivity contribution in [3.63, 3.8) is 0 Å². The molecule has 0 saturated heterocycles. The summed E-state index contributed by atoms with van der Waals surface area (Å²) in [4.78, 5) is 11.8. The molecule has 3 aromatic rings. The molecule has 0 amide bonds. The summed E-state index contributed by atoms with van der Waals surface area (Å²) in [5.74, 6) is 0. The molecule has 2 aromatic heterocycles. The summed E-state index contributed by atoms with van der Waals surface area (Å²) in [5, 5.41) is 4.14. The van der Waals surface area contributed by atoms with Gasteiger partial charge in [-0.3, -0.25) is 4.79 Å². The highest BCUT2D eigenvalue weighted by molar-refractivity contribution is 5.69. The maximum absolute atomic E-state index is 13.3. The zero-order valence-electron chi connectivity index (χ0n) is 14.0. The van der Waals surface area contributed by atoms with Crippen LogP contribution < -0.4 is 11.3 Å². The average molecular weight is 362 g/mol. The third kappa shape index (κ3) is 3.49. The van der Waals surface area contributed by atoms with Crippen LogP contribution in [-0.4, -0.2) is 14.3 Å². The van der Waals surface area contributed by atoms with Crippen molar-refractivity contribution in [2.75, 3.05) is 5.73 Å². The third-order valence-electron chi connectivity index (χ3n) is 3.94. The highest BCUT2D eigenvalue weighted by Crippen LogP contribution is 2.38. The van der Waals surface area contributed by atoms with Crippen LogP contribution in [0.25, 0.3) is 16.8 Å². The molecule has 0 aliphatic heterocycles. The Hall–Kier alpha value is -3.03. The maximum atomic E-state index is 13.3. The van der Waals surface area contributed by atoms with Gasteiger partial charge in [-0.2, -0.15) is 18.3 Å². The van der Waals surface area contributed by atoms with E-state index in [4.69, 9.17) is 5.73 Å². The zero-order valence-corrected chi connectivity index (χ0v) is 14.0. The van der Waals surface area contributed by atoms with Gasteiger partial charge in [0.05, 0.1) is 17.4 Å². The number of rotatable bonds is 4. The zero-order chi connectivity index (χ0) is 18.9. The number of aromatic nitrogens is 3. The van der Waals surface area contributed by atoms with E-state index < -0.39 is 11.7 Å². The fourth-order valence-electron chi connectivity index (χ4n) is 2.72. The van der Waals surface area contributed by atoms with Crippen molar-refractivity contribution in [2.45, 2.75) is 26.1 Å². The fourth-order valence-corrected chi connectivity index (χ4v) is 2.72. The van der Waals surface area contributed by atoms with E-state index in [0.717, 1.165) is 12.5 Å². The molecule has 8 heteroatoms. The molecule has 0 atom stereocenters. The molecule has 0 bridgehead atoms. The summed E-state index contributed by atoms with van der Waals surface area (Å²) in [6.07, 6.45) is 0.748. The number of pyridine rings is 1. The third-order valence-corrected chi connectivity index (χ3v) is 3.94. The van der Waals surface area contributed by atoms with Crippen molar-refractivity contribution in [3.05, 3.63) is 64.8 Å². The molecule has 26 heavy (non-hydrogen) atoms. The summed E-state index contributed by atoms with van der Waals surface area (Å²) >= 11 is 0. The minimum atomic E-state index is -4.53. The van der Waals surface area contributed by atoms with Crippen LogP contribution in [0.1, 0.15) is 18.9 Å². The monoisotopic (exact) mass is 362 g/mol. The molecule has 1 aromatic carbocycles. The molecule has 2 heterocycles. The molecule has 0 fully saturated rings. The van der Waals surface area contributed by atoms with Gasteiger partial charge < -0.3 is 10.3 Å². The first-order chi connectivity index (χ1) is 12.3. The molecule has 3 rings (SSSR count). The Balaban J connectivity index is 2.04. The van der Waals surface area contributed by atoms with Gasteiger partial charge in [0, 0.05) is 36.3 Å². The molecule has 0 saturated carbocycles. The summed E-state index contributed by atoms with van der Waals surface area (Å²) in [5.41, 5.74) is 5.50. The van der Waals surface area contributed by atoms with E-state index in [1.54, 1.807) is 16.8 Å². The minimum Gasteiger partial charge on any atom is -0.399 e. The van der Waals surface area contributed by atoms with Crippen LogP contribution >= 0.6 is 0 Å². The first kappa shape index (κ1) is 17.8. The van der Waals surface area contributed by atoms with Crippen molar-refractivity contribution in [2.24, 2.45) is 0 Å². The van der Waals surface area contributed by atoms with E-state index in [1.165, 1.54) is 35.3 Å². The Kier molecular flexibility index (Phi) is 4.58. The van der Waals surface area contributed by atoms with Gasteiger partial charge in [0.25, 0.3) is 5.56 Å². The molecular weight excluding hydrogens is 345 g/mol. The second-order valence-electron chi connectivity index (χ2n) is 5.90. The smallest absolute Gasteiger partial charge is 0.399 e. The lowest BCUT2D eigenvalue weighted by Crippen LogP contribution is -2.19. The standard InChI is InChI=1S/C18H17F3N4O/c1-2-7-24-11-14(4-6-17(24)26)25-10-12(9-23-25)15-5-3-13(22)8-16(15)18(19,20)21/h3-6,8-11H,2,7,22H2,1H3. The second-order valence-corrected chi connectivity index (χ2v) is 5.90. The van der Waals surface area contributed by atoms with Crippen LogP contribution in [0.4, 0.5) is 18.9 Å². The molecule has 0 aliphatic rings. The fraction of sp³-hybridized carbons (Fsp3) is 0.222. The number of hydrogen-bond acceptors (Lipinski definition) is 3. The van der Waals surface area contributed by atoms with Gasteiger partial charge in [-0.25, -0.2) is 4.68 Å². The van der Waals surface area contributed by atoms with Crippen LogP contribution in [0.5, 0.6) is 0 Å². The van der Waals surface area contributed by atoms with Crippen LogP contribution in [0.2, 0.25) is 0 Å². The van der Waals surface area contributed by atoms with Crippen molar-refractivity contribution in [1.82, 2.24) is 14.3 Å². The number of aryl methyl sites for hydroxylation is 1. The highest BCUT2D eigenvalue weighted by Gasteiger charge is 2.34. The first-order valence-electron chi connectivity index (χ1n) is 8.02. The van der Waals surface area contributed by atoms with Crippen molar-refractivity contribution in [1.29, 1.82) is 0 Å². The maximum Gasteiger partial charge on any atom is 0.417 e. The largest absolute Gasteiger partial charge is 0.417 e. The van der Waals surface area contributed by atoms with Gasteiger partial charge in [-0.05, 0) is 30.2 Å². The van der Waals surface area contributed by atoms with E-state index >= 15 is 0 Å². The van der Waals surface area contributed by atoms with Crippen molar-refractivity contribution >= 4 is 5.69 Å². The topological polar surface area (TPSA) is 65.8 Å². The van der Waals surface area contributed by atoms with Crippen LogP contribution in [-0.2, 0) is 12.7 Å². The Morgan fingerprint density at radius 1 is 1.15 bits per heavy atom. The number of hydrogen-bond donors (Lipinski definition) is 1. The lowest BCUT2D eigenvalue weighted by atomic mass is 10.0. The number of alkyl halides is 3. The lowest BCUT2D eigenvalue weighted by Gasteiger charge is -2.12. The molecule has 5 nitrogen and oxygen atoms in total. The van der Waals surface area contributed by atoms with Crippen LogP contribution in [0.15, 0.2) is 53.7 Å². The van der Waals surface area contributed by atoms with Gasteiger partial charge in [0.15, 0.2) is 0 Å². The summed E-state index contributed by atoms with van der Waals surface area (Å²) in [6, 6.07) is 6.66. The molecule has 0 spiro atoms. The molecule has 2 N–H and O–H groups in total. The van der Waals surface area contributed by atoms with Gasteiger partial charge in [-0.15, -0.1) is 0 Å². The van der Waals surface area contributed by atoms with Gasteiger partial charge in [0.2, 0.25) is 0 Å². The van der Waals surface area contributed by atoms with Gasteiger partial charge in [0.1, 0.15) is 0 Å². The Morgan fingerprint density at radius 2 is 1.92 bits per heavy atom. The van der Waals surface area contributed by atoms with Gasteiger partial charge >= 0.3 is 6.18 Å². The van der Waals surface area contributed by atoms with Crippen molar-refractivity contribution in [3.8, 4) is 16.8 Å². The van der Waals surface area contributed by atoms with Crippen molar-refractivity contribution < 1.29 is 13.2 Å². The second kappa shape index (κ2) is 6.70. The number of nitrogens with two attached hydrogens (primary N) is 1. The molecule has 0 radical (unpaired) electrons. The normalized spacial score (nSPS) is 11.7. The number of benzene rings is 1. The van der Waals surface area contributed by atoms with E-state index in [0.29, 0.717) is 17.8 Å². The molecule has 136 valence electrons. The predicted octanol–water partition coefficient (Wildman–Crippen LogP) is 3.71. The number of halogens is 3. The summed E-state index contributed by atoms with van der Waals surface area (Å²) in [7, 11) is 0. The molecular formula is C18H17F3N4O. The van der Waals surface area contributed by atoms with E-state index in [9.17, 15) is 18.0 Å². The number of nitrogens with zero attached hydrogens (tertiary/aromatic N) is 3. The summed E-state index contributed by atoms with van der Waals surface area (Å²) < 4.78 is 42.9. The number of anilines is 1. The first-order valence-corrected chi connectivity index (χ1v) is 8.02. The molecule has 0 aliphatic carbocycles. The highest BCUT2D eigenvalue weighted by atomic mass is 19.4. The summed E-state index contributed by atoms with van der Waals surface area (Å²) in [6.45, 7) is 2.50. The lowest BCUT2D eigenvalue weighted by molar-refractivity contribution is -0.137. The minimum absolute atomic E-state index is 0.000158. The quantitative estimate of drug-likeness (QED) is 0.720. The van der Waals surface area contributed by atoms with E-state index in [-0.39, 0.29) is 16.8 Å². The molecule has 0 unspecified atom stereocenters. The Morgan fingerprint density at radius 3 is 2.62 bits per heavy atom. The number of nitrogen functional groups attached to an aromatic ring is 1. The van der Waals surface area contributed by atoms with Crippen LogP contribution in [0.3, 0.4) is 0 Å². The van der Waals surface area contributed by atoms with Gasteiger partial charge in [-0.1, -0.05) is 13.0 Å². The predicted molar refractivity (Wildman–Crippen MR) is 93.0 cm³/mol. The van der Waals surface area contributed by atoms with E-state index in [2.05, 4.69) is 5.10 Å². The van der Waals surface area contributed by atoms with E-state index in [1.807, 2.05) is 6.92 Å². The van der Waals surface area contributed by atoms with Crippen LogP contribution in [0, 0.1) is 0 Å². The SMILES string of the molecule is CCCn1cc(-n2cc(-c3ccc(N)cc3C(F)(F)F)cn2)ccc1=O. The Bertz CT molecular complexity index is 989.